The van der Waals surface area contributed by atoms with Gasteiger partial charge in [0.2, 0.25) is 5.91 Å². The molecule has 2 rings (SSSR count). The third-order valence-corrected chi connectivity index (χ3v) is 3.73. The molecule has 0 aliphatic heterocycles. The van der Waals surface area contributed by atoms with Gasteiger partial charge in [0.15, 0.2) is 0 Å². The first kappa shape index (κ1) is 19.4. The van der Waals surface area contributed by atoms with Crippen LogP contribution in [0.25, 0.3) is 0 Å². The summed E-state index contributed by atoms with van der Waals surface area (Å²) in [5, 5.41) is 2.55. The smallest absolute Gasteiger partial charge is 0.416 e. The number of benzene rings is 1. The lowest BCUT2D eigenvalue weighted by Gasteiger charge is -2.14. The molecule has 0 saturated carbocycles. The van der Waals surface area contributed by atoms with E-state index in [1.54, 1.807) is 6.92 Å². The highest BCUT2D eigenvalue weighted by atomic mass is 19.4. The topological polar surface area (TPSA) is 68.3 Å². The molecule has 0 aliphatic carbocycles. The van der Waals surface area contributed by atoms with E-state index in [2.05, 4.69) is 15.0 Å². The number of hydrogen-bond acceptors (Lipinski definition) is 4. The zero-order valence-corrected chi connectivity index (χ0v) is 14.1. The number of nitrogens with zero attached hydrogens (tertiary/aromatic N) is 1. The van der Waals surface area contributed by atoms with Gasteiger partial charge in [-0.2, -0.15) is 13.2 Å². The van der Waals surface area contributed by atoms with Crippen molar-refractivity contribution >= 4 is 17.7 Å². The average Bonchev–Trinajstić information content (AvgIpc) is 2.61. The third kappa shape index (κ3) is 4.81. The van der Waals surface area contributed by atoms with Crippen LogP contribution in [0.5, 0.6) is 0 Å². The minimum absolute atomic E-state index is 0.0728. The minimum atomic E-state index is -4.40. The molecule has 5 nitrogen and oxygen atoms in total. The Morgan fingerprint density at radius 3 is 2.42 bits per heavy atom. The first-order valence-corrected chi connectivity index (χ1v) is 7.72. The van der Waals surface area contributed by atoms with Crippen LogP contribution in [0.4, 0.5) is 19.0 Å². The van der Waals surface area contributed by atoms with Gasteiger partial charge in [0.25, 0.3) is 0 Å². The van der Waals surface area contributed by atoms with Crippen molar-refractivity contribution in [3.63, 3.8) is 0 Å². The van der Waals surface area contributed by atoms with Crippen LogP contribution in [-0.4, -0.2) is 24.0 Å². The highest BCUT2D eigenvalue weighted by Gasteiger charge is 2.30. The lowest BCUT2D eigenvalue weighted by atomic mass is 9.99. The first-order valence-electron chi connectivity index (χ1n) is 7.72. The molecule has 0 fully saturated rings. The molecule has 138 valence electrons. The monoisotopic (exact) mass is 366 g/mol. The standard InChI is InChI=1S/C18H17F3N2O3/c1-11(10-12-5-7-13(8-6-12)18(19,20)21)16(24)23-15-14(17(25)26-2)4-3-9-22-15/h3-9,11H,10H2,1-2H3,(H,22,23,24). The second-order valence-corrected chi connectivity index (χ2v) is 5.68. The van der Waals surface area contributed by atoms with Crippen LogP contribution >= 0.6 is 0 Å². The van der Waals surface area contributed by atoms with E-state index < -0.39 is 29.5 Å². The SMILES string of the molecule is COC(=O)c1cccnc1NC(=O)C(C)Cc1ccc(C(F)(F)F)cc1. The molecule has 1 amide bonds. The molecule has 26 heavy (non-hydrogen) atoms. The third-order valence-electron chi connectivity index (χ3n) is 3.73. The highest BCUT2D eigenvalue weighted by molar-refractivity contribution is 6.00. The van der Waals surface area contributed by atoms with Crippen LogP contribution in [0.15, 0.2) is 42.6 Å². The van der Waals surface area contributed by atoms with E-state index in [9.17, 15) is 22.8 Å². The quantitative estimate of drug-likeness (QED) is 0.820. The Labute approximate surface area is 148 Å². The van der Waals surface area contributed by atoms with Crippen molar-refractivity contribution in [2.45, 2.75) is 19.5 Å². The van der Waals surface area contributed by atoms with Gasteiger partial charge >= 0.3 is 12.1 Å². The number of hydrogen-bond donors (Lipinski definition) is 1. The van der Waals surface area contributed by atoms with Gasteiger partial charge in [-0.15, -0.1) is 0 Å². The number of ether oxygens (including phenoxy) is 1. The molecule has 1 aromatic heterocycles. The molecular weight excluding hydrogens is 349 g/mol. The number of aromatic nitrogens is 1. The number of amides is 1. The Morgan fingerprint density at radius 2 is 1.85 bits per heavy atom. The average molecular weight is 366 g/mol. The number of alkyl halides is 3. The molecule has 1 N–H and O–H groups in total. The van der Waals surface area contributed by atoms with E-state index in [0.717, 1.165) is 12.1 Å². The fourth-order valence-corrected chi connectivity index (χ4v) is 2.30. The summed E-state index contributed by atoms with van der Waals surface area (Å²) in [4.78, 5) is 28.0. The zero-order valence-electron chi connectivity index (χ0n) is 14.1. The van der Waals surface area contributed by atoms with E-state index in [4.69, 9.17) is 0 Å². The summed E-state index contributed by atoms with van der Waals surface area (Å²) in [7, 11) is 1.22. The van der Waals surface area contributed by atoms with Crippen LogP contribution in [0.2, 0.25) is 0 Å². The van der Waals surface area contributed by atoms with Crippen LogP contribution in [0.3, 0.4) is 0 Å². The van der Waals surface area contributed by atoms with E-state index >= 15 is 0 Å². The normalized spacial score (nSPS) is 12.3. The molecule has 0 bridgehead atoms. The van der Waals surface area contributed by atoms with Gasteiger partial charge in [-0.1, -0.05) is 19.1 Å². The van der Waals surface area contributed by atoms with E-state index in [1.165, 1.54) is 37.6 Å². The molecule has 0 spiro atoms. The summed E-state index contributed by atoms with van der Waals surface area (Å²) in [6.45, 7) is 1.63. The summed E-state index contributed by atoms with van der Waals surface area (Å²) in [6, 6.07) is 7.64. The molecule has 0 aliphatic rings. The van der Waals surface area contributed by atoms with Crippen molar-refractivity contribution < 1.29 is 27.5 Å². The molecule has 1 aromatic carbocycles. The van der Waals surface area contributed by atoms with Gasteiger partial charge in [-0.3, -0.25) is 4.79 Å². The Bertz CT molecular complexity index is 789. The first-order chi connectivity index (χ1) is 12.2. The van der Waals surface area contributed by atoms with Gasteiger partial charge in [0, 0.05) is 12.1 Å². The zero-order chi connectivity index (χ0) is 19.3. The Balaban J connectivity index is 2.06. The number of carbonyl (C=O) groups is 2. The van der Waals surface area contributed by atoms with E-state index in [1.807, 2.05) is 0 Å². The van der Waals surface area contributed by atoms with Crippen molar-refractivity contribution in [2.75, 3.05) is 12.4 Å². The van der Waals surface area contributed by atoms with E-state index in [-0.39, 0.29) is 17.8 Å². The van der Waals surface area contributed by atoms with Crippen molar-refractivity contribution in [3.05, 3.63) is 59.3 Å². The molecule has 1 atom stereocenters. The van der Waals surface area contributed by atoms with E-state index in [0.29, 0.717) is 5.56 Å². The van der Waals surface area contributed by atoms with Gasteiger partial charge in [-0.25, -0.2) is 9.78 Å². The fourth-order valence-electron chi connectivity index (χ4n) is 2.30. The number of halogens is 3. The maximum absolute atomic E-state index is 12.6. The number of carbonyl (C=O) groups excluding carboxylic acids is 2. The molecule has 1 unspecified atom stereocenters. The maximum Gasteiger partial charge on any atom is 0.416 e. The lowest BCUT2D eigenvalue weighted by molar-refractivity contribution is -0.137. The largest absolute Gasteiger partial charge is 0.465 e. The van der Waals surface area contributed by atoms with Crippen molar-refractivity contribution in [2.24, 2.45) is 5.92 Å². The summed E-state index contributed by atoms with van der Waals surface area (Å²) >= 11 is 0. The van der Waals surface area contributed by atoms with Crippen LogP contribution < -0.4 is 5.32 Å². The predicted octanol–water partition coefficient (Wildman–Crippen LogP) is 3.70. The van der Waals surface area contributed by atoms with Crippen molar-refractivity contribution in [1.82, 2.24) is 4.98 Å². The van der Waals surface area contributed by atoms with Crippen LogP contribution in [0, 0.1) is 5.92 Å². The van der Waals surface area contributed by atoms with Gasteiger partial charge < -0.3 is 10.1 Å². The van der Waals surface area contributed by atoms with Gasteiger partial charge in [-0.05, 0) is 36.2 Å². The van der Waals surface area contributed by atoms with Crippen molar-refractivity contribution in [3.8, 4) is 0 Å². The molecule has 2 aromatic rings. The number of pyridine rings is 1. The number of methoxy groups -OCH3 is 1. The molecule has 1 heterocycles. The van der Waals surface area contributed by atoms with Crippen molar-refractivity contribution in [1.29, 1.82) is 0 Å². The summed E-state index contributed by atoms with van der Waals surface area (Å²) in [5.41, 5.74) is -0.0329. The molecular formula is C18H17F3N2O3. The fraction of sp³-hybridized carbons (Fsp3) is 0.278. The molecule has 0 saturated heterocycles. The maximum atomic E-state index is 12.6. The summed E-state index contributed by atoms with van der Waals surface area (Å²) in [5.74, 6) is -1.51. The molecule has 0 radical (unpaired) electrons. The van der Waals surface area contributed by atoms with Crippen LogP contribution in [0.1, 0.15) is 28.4 Å². The Kier molecular flexibility index (Phi) is 5.97. The lowest BCUT2D eigenvalue weighted by Crippen LogP contribution is -2.24. The minimum Gasteiger partial charge on any atom is -0.465 e. The van der Waals surface area contributed by atoms with Gasteiger partial charge in [0.05, 0.1) is 12.7 Å². The van der Waals surface area contributed by atoms with Crippen LogP contribution in [-0.2, 0) is 22.1 Å². The predicted molar refractivity (Wildman–Crippen MR) is 88.5 cm³/mol. The summed E-state index contributed by atoms with van der Waals surface area (Å²) in [6.07, 6.45) is -2.74. The number of rotatable bonds is 5. The van der Waals surface area contributed by atoms with Gasteiger partial charge in [0.1, 0.15) is 11.4 Å². The second-order valence-electron chi connectivity index (χ2n) is 5.68. The number of nitrogens with one attached hydrogen (secondary N) is 1. The number of esters is 1. The Morgan fingerprint density at radius 1 is 1.19 bits per heavy atom. The highest BCUT2D eigenvalue weighted by Crippen LogP contribution is 2.29. The number of anilines is 1. The Hall–Kier alpha value is -2.90. The molecule has 8 heteroatoms. The summed E-state index contributed by atoms with van der Waals surface area (Å²) < 4.78 is 42.4. The second kappa shape index (κ2) is 7.99.